The Morgan fingerprint density at radius 1 is 1.23 bits per heavy atom. The highest BCUT2D eigenvalue weighted by Gasteiger charge is 2.19. The number of rotatable bonds is 9. The van der Waals surface area contributed by atoms with Crippen LogP contribution in [0.4, 0.5) is 0 Å². The first-order valence-electron chi connectivity index (χ1n) is 11.0. The Morgan fingerprint density at radius 3 is 2.77 bits per heavy atom. The van der Waals surface area contributed by atoms with Gasteiger partial charge < -0.3 is 15.5 Å². The first-order valence-corrected chi connectivity index (χ1v) is 11.8. The second-order valence-electron chi connectivity index (χ2n) is 7.45. The maximum Gasteiger partial charge on any atom is 0.222 e. The molecule has 2 heterocycles. The average Bonchev–Trinajstić information content (AvgIpc) is 3.24. The molecule has 1 aliphatic rings. The van der Waals surface area contributed by atoms with Crippen LogP contribution in [0.3, 0.4) is 0 Å². The number of amides is 1. The summed E-state index contributed by atoms with van der Waals surface area (Å²) in [4.78, 5) is 25.0. The number of nitrogens with zero attached hydrogens (tertiary/aromatic N) is 3. The molecule has 0 unspecified atom stereocenters. The van der Waals surface area contributed by atoms with E-state index in [9.17, 15) is 4.79 Å². The minimum absolute atomic E-state index is 0. The number of aryl methyl sites for hydroxylation is 1. The number of carbonyl (C=O) groups excluding carboxylic acids is 1. The van der Waals surface area contributed by atoms with E-state index in [-0.39, 0.29) is 29.9 Å². The molecule has 1 aromatic carbocycles. The Labute approximate surface area is 207 Å². The van der Waals surface area contributed by atoms with Crippen molar-refractivity contribution in [2.75, 3.05) is 26.2 Å². The summed E-state index contributed by atoms with van der Waals surface area (Å²) in [7, 11) is 0. The summed E-state index contributed by atoms with van der Waals surface area (Å²) in [5.41, 5.74) is 2.65. The molecule has 2 aromatic rings. The van der Waals surface area contributed by atoms with Gasteiger partial charge in [-0.25, -0.2) is 4.98 Å². The first-order chi connectivity index (χ1) is 14.7. The van der Waals surface area contributed by atoms with Gasteiger partial charge in [-0.3, -0.25) is 9.79 Å². The lowest BCUT2D eigenvalue weighted by molar-refractivity contribution is -0.132. The molecule has 3 rings (SSSR count). The summed E-state index contributed by atoms with van der Waals surface area (Å²) in [5.74, 6) is 1.04. The lowest BCUT2D eigenvalue weighted by Crippen LogP contribution is -2.38. The van der Waals surface area contributed by atoms with Crippen molar-refractivity contribution in [2.24, 2.45) is 4.99 Å². The van der Waals surface area contributed by atoms with Gasteiger partial charge in [0.1, 0.15) is 0 Å². The average molecular weight is 556 g/mol. The molecule has 31 heavy (non-hydrogen) atoms. The zero-order chi connectivity index (χ0) is 21.2. The Bertz CT molecular complexity index is 854. The molecule has 0 bridgehead atoms. The van der Waals surface area contributed by atoms with Gasteiger partial charge in [-0.2, -0.15) is 0 Å². The van der Waals surface area contributed by atoms with Crippen molar-refractivity contribution >= 4 is 47.2 Å². The molecule has 0 aliphatic carbocycles. The second kappa shape index (κ2) is 13.7. The van der Waals surface area contributed by atoms with Crippen molar-refractivity contribution in [1.29, 1.82) is 0 Å². The number of hydrogen-bond acceptors (Lipinski definition) is 4. The van der Waals surface area contributed by atoms with Crippen LogP contribution >= 0.6 is 35.3 Å². The van der Waals surface area contributed by atoms with Crippen LogP contribution in [0, 0.1) is 0 Å². The molecule has 0 atom stereocenters. The summed E-state index contributed by atoms with van der Waals surface area (Å²) in [6.07, 6.45) is 6.16. The number of nitrogens with one attached hydrogen (secondary N) is 2. The SMILES string of the molecule is CCNC(=NCCCC(=O)N1CCc2ccccc2C1)NCCc1ncc(CC)s1.I. The van der Waals surface area contributed by atoms with E-state index in [0.29, 0.717) is 13.0 Å². The number of aliphatic imine (C=N–C) groups is 1. The van der Waals surface area contributed by atoms with Gasteiger partial charge in [0.2, 0.25) is 5.91 Å². The minimum atomic E-state index is 0. The molecular weight excluding hydrogens is 521 g/mol. The Hall–Kier alpha value is -1.68. The fourth-order valence-corrected chi connectivity index (χ4v) is 4.41. The Morgan fingerprint density at radius 2 is 2.03 bits per heavy atom. The molecule has 1 amide bonds. The lowest BCUT2D eigenvalue weighted by atomic mass is 9.99. The summed E-state index contributed by atoms with van der Waals surface area (Å²) >= 11 is 1.78. The van der Waals surface area contributed by atoms with Crippen LogP contribution in [0.2, 0.25) is 0 Å². The number of carbonyl (C=O) groups is 1. The van der Waals surface area contributed by atoms with Gasteiger partial charge >= 0.3 is 0 Å². The van der Waals surface area contributed by atoms with Crippen LogP contribution < -0.4 is 10.6 Å². The van der Waals surface area contributed by atoms with Gasteiger partial charge in [0.15, 0.2) is 5.96 Å². The predicted octanol–water partition coefficient (Wildman–Crippen LogP) is 3.79. The predicted molar refractivity (Wildman–Crippen MR) is 139 cm³/mol. The van der Waals surface area contributed by atoms with Gasteiger partial charge in [0, 0.05) is 56.6 Å². The van der Waals surface area contributed by atoms with Crippen molar-refractivity contribution in [3.05, 3.63) is 51.5 Å². The van der Waals surface area contributed by atoms with E-state index < -0.39 is 0 Å². The highest BCUT2D eigenvalue weighted by Crippen LogP contribution is 2.19. The monoisotopic (exact) mass is 555 g/mol. The van der Waals surface area contributed by atoms with Crippen molar-refractivity contribution in [3.8, 4) is 0 Å². The van der Waals surface area contributed by atoms with Crippen molar-refractivity contribution in [3.63, 3.8) is 0 Å². The number of aromatic nitrogens is 1. The molecule has 6 nitrogen and oxygen atoms in total. The van der Waals surface area contributed by atoms with Crippen LogP contribution in [-0.4, -0.2) is 47.9 Å². The quantitative estimate of drug-likeness (QED) is 0.214. The fraction of sp³-hybridized carbons (Fsp3) is 0.522. The fourth-order valence-electron chi connectivity index (χ4n) is 3.54. The number of hydrogen-bond donors (Lipinski definition) is 2. The second-order valence-corrected chi connectivity index (χ2v) is 8.65. The molecule has 170 valence electrons. The maximum absolute atomic E-state index is 12.6. The standard InChI is InChI=1S/C23H33N5OS.HI/c1-3-20-16-27-21(30-20)11-14-26-23(24-4-2)25-13-7-10-22(29)28-15-12-18-8-5-6-9-19(18)17-28;/h5-6,8-9,16H,3-4,7,10-15,17H2,1-2H3,(H2,24,25,26);1H. The number of thiazole rings is 1. The topological polar surface area (TPSA) is 69.6 Å². The number of halogens is 1. The van der Waals surface area contributed by atoms with Gasteiger partial charge in [-0.05, 0) is 37.3 Å². The van der Waals surface area contributed by atoms with E-state index in [2.05, 4.69) is 52.7 Å². The zero-order valence-electron chi connectivity index (χ0n) is 18.5. The van der Waals surface area contributed by atoms with Gasteiger partial charge in [0.05, 0.1) is 5.01 Å². The van der Waals surface area contributed by atoms with Crippen LogP contribution in [0.1, 0.15) is 47.7 Å². The largest absolute Gasteiger partial charge is 0.357 e. The number of fused-ring (bicyclic) bond motifs is 1. The Balaban J connectivity index is 0.00000341. The molecule has 0 saturated carbocycles. The van der Waals surface area contributed by atoms with E-state index >= 15 is 0 Å². The third-order valence-corrected chi connectivity index (χ3v) is 6.43. The normalized spacial score (nSPS) is 13.4. The van der Waals surface area contributed by atoms with Crippen LogP contribution in [0.5, 0.6) is 0 Å². The molecule has 1 aliphatic heterocycles. The highest BCUT2D eigenvalue weighted by atomic mass is 127. The van der Waals surface area contributed by atoms with Gasteiger partial charge in [0.25, 0.3) is 0 Å². The van der Waals surface area contributed by atoms with Crippen molar-refractivity contribution in [2.45, 2.75) is 52.5 Å². The molecule has 0 saturated heterocycles. The van der Waals surface area contributed by atoms with Gasteiger partial charge in [-0.1, -0.05) is 31.2 Å². The van der Waals surface area contributed by atoms with Gasteiger partial charge in [-0.15, -0.1) is 35.3 Å². The smallest absolute Gasteiger partial charge is 0.222 e. The minimum Gasteiger partial charge on any atom is -0.357 e. The molecule has 0 fully saturated rings. The summed E-state index contributed by atoms with van der Waals surface area (Å²) in [6, 6.07) is 8.41. The highest BCUT2D eigenvalue weighted by molar-refractivity contribution is 14.0. The summed E-state index contributed by atoms with van der Waals surface area (Å²) in [6.45, 7) is 8.02. The zero-order valence-corrected chi connectivity index (χ0v) is 21.7. The molecule has 0 spiro atoms. The molecule has 1 aromatic heterocycles. The number of guanidine groups is 1. The van der Waals surface area contributed by atoms with E-state index in [1.165, 1.54) is 16.0 Å². The summed E-state index contributed by atoms with van der Waals surface area (Å²) in [5, 5.41) is 7.80. The first kappa shape index (κ1) is 25.6. The molecule has 8 heteroatoms. The van der Waals surface area contributed by atoms with Crippen LogP contribution in [0.15, 0.2) is 35.5 Å². The van der Waals surface area contributed by atoms with E-state index in [1.807, 2.05) is 17.2 Å². The van der Waals surface area contributed by atoms with Crippen LogP contribution in [0.25, 0.3) is 0 Å². The van der Waals surface area contributed by atoms with E-state index in [0.717, 1.165) is 62.8 Å². The summed E-state index contributed by atoms with van der Waals surface area (Å²) < 4.78 is 0. The van der Waals surface area contributed by atoms with Crippen molar-refractivity contribution < 1.29 is 4.79 Å². The third kappa shape index (κ3) is 8.07. The molecular formula is C23H34IN5OS. The van der Waals surface area contributed by atoms with E-state index in [1.54, 1.807) is 11.3 Å². The lowest BCUT2D eigenvalue weighted by Gasteiger charge is -2.28. The van der Waals surface area contributed by atoms with Crippen LogP contribution in [-0.2, 0) is 30.6 Å². The molecule has 0 radical (unpaired) electrons. The van der Waals surface area contributed by atoms with Crippen molar-refractivity contribution in [1.82, 2.24) is 20.5 Å². The molecule has 2 N–H and O–H groups in total. The number of benzene rings is 1. The van der Waals surface area contributed by atoms with E-state index in [4.69, 9.17) is 0 Å². The third-order valence-electron chi connectivity index (χ3n) is 5.23. The Kier molecular flexibility index (Phi) is 11.3. The maximum atomic E-state index is 12.6.